The van der Waals surface area contributed by atoms with Gasteiger partial charge in [0, 0.05) is 24.4 Å². The van der Waals surface area contributed by atoms with Crippen LogP contribution in [0, 0.1) is 11.3 Å². The molecule has 2 aromatic heterocycles. The van der Waals surface area contributed by atoms with Crippen LogP contribution in [0.4, 0.5) is 16.2 Å². The summed E-state index contributed by atoms with van der Waals surface area (Å²) in [6.07, 6.45) is 2.36. The molecule has 2 fully saturated rings. The number of fused-ring (bicyclic) bond motifs is 1. The van der Waals surface area contributed by atoms with Gasteiger partial charge in [0.2, 0.25) is 11.8 Å². The van der Waals surface area contributed by atoms with Gasteiger partial charge in [-0.2, -0.15) is 15.1 Å². The summed E-state index contributed by atoms with van der Waals surface area (Å²) in [5.41, 5.74) is 6.21. The second kappa shape index (κ2) is 11.9. The fourth-order valence-corrected chi connectivity index (χ4v) is 6.77. The first-order valence-corrected chi connectivity index (χ1v) is 16.2. The van der Waals surface area contributed by atoms with E-state index in [1.807, 2.05) is 25.8 Å². The Morgan fingerprint density at radius 3 is 2.57 bits per heavy atom. The molecule has 1 saturated heterocycles. The minimum Gasteiger partial charge on any atom is -0.462 e. The summed E-state index contributed by atoms with van der Waals surface area (Å²) >= 11 is 0. The number of imidazole rings is 1. The minimum atomic E-state index is -4.34. The number of alkyl halides is 1. The summed E-state index contributed by atoms with van der Waals surface area (Å²) in [6.45, 7) is 9.50. The van der Waals surface area contributed by atoms with E-state index >= 15 is 4.39 Å². The Kier molecular flexibility index (Phi) is 8.67. The van der Waals surface area contributed by atoms with Crippen LogP contribution in [-0.4, -0.2) is 63.2 Å². The number of nitrogens with one attached hydrogen (secondary N) is 1. The molecule has 3 N–H and O–H groups in total. The van der Waals surface area contributed by atoms with E-state index in [-0.39, 0.29) is 11.7 Å². The summed E-state index contributed by atoms with van der Waals surface area (Å²) in [5.74, 6) is -2.98. The number of hydrogen-bond acceptors (Lipinski definition) is 11. The first-order valence-electron chi connectivity index (χ1n) is 14.7. The molecule has 3 aromatic rings. The van der Waals surface area contributed by atoms with Crippen LogP contribution in [0.3, 0.4) is 0 Å². The maximum Gasteiger partial charge on any atom is 0.459 e. The third kappa shape index (κ3) is 6.39. The average Bonchev–Trinajstić information content (AvgIpc) is 3.70. The predicted molar refractivity (Wildman–Crippen MR) is 163 cm³/mol. The number of para-hydroxylation sites is 1. The van der Waals surface area contributed by atoms with Crippen LogP contribution in [0.2, 0.25) is 0 Å². The molecule has 0 radical (unpaired) electrons. The normalized spacial score (nSPS) is 25.1. The van der Waals surface area contributed by atoms with E-state index in [0.29, 0.717) is 23.0 Å². The summed E-state index contributed by atoms with van der Waals surface area (Å²) < 4.78 is 55.2. The quantitative estimate of drug-likeness (QED) is 0.204. The smallest absolute Gasteiger partial charge is 0.459 e. The van der Waals surface area contributed by atoms with Crippen molar-refractivity contribution in [3.05, 3.63) is 36.7 Å². The van der Waals surface area contributed by atoms with Gasteiger partial charge in [0.05, 0.1) is 12.4 Å². The SMILES string of the molecule is CC(C)OC(=O)[C@H](C)NP(=O)(OC[C@@]1(F)O[C@@H](n2cnc3c(N(C)C4CC4)nc(N)nc32)C(C)(C)[C@@H]1C)Oc1ccccc1. The highest BCUT2D eigenvalue weighted by Crippen LogP contribution is 2.57. The standard InChI is InChI=1S/C29H41FN7O6P/c1-17(2)41-25(38)18(3)35-44(39,43-21-11-9-8-10-12-21)40-15-29(30)19(4)28(5,6)26(42-29)37-16-32-22-23(36(7)20-13-14-20)33-27(31)34-24(22)37/h8-12,16-20,26H,13-15H2,1-7H3,(H,35,39)(H2,31,33,34)/t18-,19-,26+,29+,44?/m0/s1. The largest absolute Gasteiger partial charge is 0.462 e. The molecule has 5 rings (SSSR count). The van der Waals surface area contributed by atoms with Crippen molar-refractivity contribution in [1.82, 2.24) is 24.6 Å². The number of carbonyl (C=O) groups excluding carboxylic acids is 1. The Morgan fingerprint density at radius 2 is 1.93 bits per heavy atom. The second-order valence-electron chi connectivity index (χ2n) is 12.4. The summed E-state index contributed by atoms with van der Waals surface area (Å²) in [4.78, 5) is 28.0. The number of nitrogen functional groups attached to an aromatic ring is 1. The molecule has 1 aromatic carbocycles. The van der Waals surface area contributed by atoms with Crippen LogP contribution in [0.5, 0.6) is 5.75 Å². The molecular weight excluding hydrogens is 592 g/mol. The van der Waals surface area contributed by atoms with Gasteiger partial charge >= 0.3 is 13.7 Å². The lowest BCUT2D eigenvalue weighted by molar-refractivity contribution is -0.187. The zero-order valence-electron chi connectivity index (χ0n) is 26.1. The highest BCUT2D eigenvalue weighted by atomic mass is 31.2. The van der Waals surface area contributed by atoms with E-state index in [0.717, 1.165) is 12.8 Å². The van der Waals surface area contributed by atoms with Crippen molar-refractivity contribution in [2.24, 2.45) is 11.3 Å². The van der Waals surface area contributed by atoms with Gasteiger partial charge in [-0.3, -0.25) is 13.9 Å². The molecule has 44 heavy (non-hydrogen) atoms. The number of benzene rings is 1. The number of nitrogens with two attached hydrogens (primary N) is 1. The average molecular weight is 634 g/mol. The summed E-state index contributed by atoms with van der Waals surface area (Å²) in [6, 6.07) is 7.53. The van der Waals surface area contributed by atoms with Gasteiger partial charge in [0.25, 0.3) is 0 Å². The van der Waals surface area contributed by atoms with Gasteiger partial charge in [-0.1, -0.05) is 39.0 Å². The van der Waals surface area contributed by atoms with E-state index in [1.54, 1.807) is 62.0 Å². The summed E-state index contributed by atoms with van der Waals surface area (Å²) in [5, 5.41) is 2.59. The predicted octanol–water partition coefficient (Wildman–Crippen LogP) is 5.00. The number of aromatic nitrogens is 4. The third-order valence-corrected chi connectivity index (χ3v) is 9.89. The number of halogens is 1. The minimum absolute atomic E-state index is 0.0654. The van der Waals surface area contributed by atoms with Crippen molar-refractivity contribution in [3.63, 3.8) is 0 Å². The van der Waals surface area contributed by atoms with Gasteiger partial charge in [0.15, 0.2) is 17.0 Å². The van der Waals surface area contributed by atoms with E-state index in [9.17, 15) is 9.36 Å². The van der Waals surface area contributed by atoms with E-state index in [4.69, 9.17) is 24.3 Å². The Morgan fingerprint density at radius 1 is 1.25 bits per heavy atom. The lowest BCUT2D eigenvalue weighted by atomic mass is 9.77. The molecule has 0 spiro atoms. The molecule has 15 heteroatoms. The zero-order valence-corrected chi connectivity index (χ0v) is 27.0. The van der Waals surface area contributed by atoms with Gasteiger partial charge in [-0.05, 0) is 45.7 Å². The first kappa shape index (κ1) is 32.1. The van der Waals surface area contributed by atoms with Crippen LogP contribution < -0.4 is 20.2 Å². The molecule has 1 unspecified atom stereocenters. The number of ether oxygens (including phenoxy) is 2. The highest BCUT2D eigenvalue weighted by molar-refractivity contribution is 7.52. The highest BCUT2D eigenvalue weighted by Gasteiger charge is 2.60. The molecule has 1 aliphatic heterocycles. The number of esters is 1. The van der Waals surface area contributed by atoms with Crippen molar-refractivity contribution >= 4 is 36.6 Å². The van der Waals surface area contributed by atoms with Crippen molar-refractivity contribution in [3.8, 4) is 5.75 Å². The molecule has 3 heterocycles. The van der Waals surface area contributed by atoms with E-state index in [1.165, 1.54) is 6.92 Å². The van der Waals surface area contributed by atoms with Gasteiger partial charge in [0.1, 0.15) is 24.6 Å². The number of rotatable bonds is 12. The Bertz CT molecular complexity index is 1550. The molecule has 0 bridgehead atoms. The lowest BCUT2D eigenvalue weighted by Gasteiger charge is -2.31. The molecule has 1 saturated carbocycles. The zero-order chi connectivity index (χ0) is 32.0. The summed E-state index contributed by atoms with van der Waals surface area (Å²) in [7, 11) is -2.40. The van der Waals surface area contributed by atoms with Crippen molar-refractivity contribution in [2.75, 3.05) is 24.3 Å². The molecule has 13 nitrogen and oxygen atoms in total. The van der Waals surface area contributed by atoms with Gasteiger partial charge in [-0.25, -0.2) is 13.9 Å². The third-order valence-electron chi connectivity index (χ3n) is 8.27. The molecule has 240 valence electrons. The Balaban J connectivity index is 1.41. The fraction of sp³-hybridized carbons (Fsp3) is 0.586. The van der Waals surface area contributed by atoms with Crippen LogP contribution in [0.15, 0.2) is 36.7 Å². The lowest BCUT2D eigenvalue weighted by Crippen LogP contribution is -2.40. The molecule has 0 amide bonds. The van der Waals surface area contributed by atoms with Gasteiger partial charge < -0.3 is 24.6 Å². The molecule has 5 atom stereocenters. The van der Waals surface area contributed by atoms with Crippen LogP contribution in [-0.2, 0) is 23.4 Å². The fourth-order valence-electron chi connectivity index (χ4n) is 5.26. The maximum absolute atomic E-state index is 16.8. The van der Waals surface area contributed by atoms with Crippen molar-refractivity contribution < 1.29 is 32.3 Å². The number of anilines is 2. The number of carbonyl (C=O) groups is 1. The van der Waals surface area contributed by atoms with Gasteiger partial charge in [-0.15, -0.1) is 0 Å². The molecular formula is C29H41FN7O6P. The number of nitrogens with zero attached hydrogens (tertiary/aromatic N) is 5. The molecule has 2 aliphatic rings. The van der Waals surface area contributed by atoms with Crippen molar-refractivity contribution in [2.45, 2.75) is 84.7 Å². The second-order valence-corrected chi connectivity index (χ2v) is 14.1. The Labute approximate surface area is 256 Å². The van der Waals surface area contributed by atoms with Crippen LogP contribution in [0.25, 0.3) is 11.2 Å². The Hall–Kier alpha value is -3.32. The van der Waals surface area contributed by atoms with Crippen LogP contribution >= 0.6 is 7.75 Å². The van der Waals surface area contributed by atoms with Crippen LogP contribution in [0.1, 0.15) is 60.6 Å². The van der Waals surface area contributed by atoms with E-state index < -0.39 is 55.9 Å². The number of hydrogen-bond donors (Lipinski definition) is 2. The monoisotopic (exact) mass is 633 g/mol. The van der Waals surface area contributed by atoms with E-state index in [2.05, 4.69) is 20.0 Å². The van der Waals surface area contributed by atoms with Crippen molar-refractivity contribution in [1.29, 1.82) is 0 Å². The topological polar surface area (TPSA) is 156 Å². The first-order chi connectivity index (χ1) is 20.6. The maximum atomic E-state index is 16.8. The molecule has 1 aliphatic carbocycles.